The van der Waals surface area contributed by atoms with E-state index in [1.54, 1.807) is 29.4 Å². The minimum Gasteiger partial charge on any atom is -0.481 e. The highest BCUT2D eigenvalue weighted by Crippen LogP contribution is 2.38. The highest BCUT2D eigenvalue weighted by molar-refractivity contribution is 5.81. The van der Waals surface area contributed by atoms with E-state index in [0.717, 1.165) is 11.1 Å². The van der Waals surface area contributed by atoms with Gasteiger partial charge in [-0.3, -0.25) is 9.59 Å². The van der Waals surface area contributed by atoms with E-state index in [1.165, 1.54) is 12.1 Å². The summed E-state index contributed by atoms with van der Waals surface area (Å²) in [5, 5.41) is 2.84. The topological polar surface area (TPSA) is 71.8 Å². The van der Waals surface area contributed by atoms with Crippen LogP contribution in [0.15, 0.2) is 65.3 Å². The third-order valence-electron chi connectivity index (χ3n) is 6.09. The summed E-state index contributed by atoms with van der Waals surface area (Å²) in [6.45, 7) is 4.55. The number of hydrogen-bond acceptors (Lipinski definition) is 4. The van der Waals surface area contributed by atoms with Gasteiger partial charge in [0.05, 0.1) is 18.8 Å². The summed E-state index contributed by atoms with van der Waals surface area (Å²) in [7, 11) is 0. The molecule has 4 rings (SSSR count). The van der Waals surface area contributed by atoms with Gasteiger partial charge < -0.3 is 19.4 Å². The zero-order valence-electron chi connectivity index (χ0n) is 19.4. The van der Waals surface area contributed by atoms with Gasteiger partial charge in [-0.2, -0.15) is 0 Å². The minimum atomic E-state index is -0.683. The van der Waals surface area contributed by atoms with Crippen LogP contribution in [0.2, 0.25) is 0 Å². The number of ether oxygens (including phenoxy) is 1. The molecule has 0 radical (unpaired) electrons. The number of nitrogens with zero attached hydrogens (tertiary/aromatic N) is 1. The van der Waals surface area contributed by atoms with Gasteiger partial charge in [-0.05, 0) is 65.9 Å². The molecule has 0 aliphatic carbocycles. The fraction of sp³-hybridized carbons (Fsp3) is 0.333. The Morgan fingerprint density at radius 2 is 2.03 bits per heavy atom. The molecule has 0 saturated heterocycles. The number of carbonyl (C=O) groups is 2. The van der Waals surface area contributed by atoms with E-state index in [4.69, 9.17) is 9.15 Å². The SMILES string of the molecule is CCC(=O)N1CCc2ccc(OC(CC)C(=O)NCc3ccco3)cc2C1c1cccc(F)c1. The molecule has 2 amide bonds. The number of halogens is 1. The van der Waals surface area contributed by atoms with Crippen molar-refractivity contribution in [2.75, 3.05) is 6.54 Å². The molecule has 1 aliphatic rings. The van der Waals surface area contributed by atoms with Crippen molar-refractivity contribution in [2.45, 2.75) is 51.8 Å². The zero-order chi connectivity index (χ0) is 24.1. The number of hydrogen-bond donors (Lipinski definition) is 1. The van der Waals surface area contributed by atoms with Crippen LogP contribution in [0.1, 0.15) is 55.2 Å². The maximum atomic E-state index is 14.1. The maximum absolute atomic E-state index is 14.1. The van der Waals surface area contributed by atoms with Crippen LogP contribution in [0.4, 0.5) is 4.39 Å². The van der Waals surface area contributed by atoms with Gasteiger partial charge in [0.15, 0.2) is 6.10 Å². The van der Waals surface area contributed by atoms with Crippen LogP contribution in [0, 0.1) is 5.82 Å². The fourth-order valence-electron chi connectivity index (χ4n) is 4.36. The quantitative estimate of drug-likeness (QED) is 0.521. The summed E-state index contributed by atoms with van der Waals surface area (Å²) in [5.41, 5.74) is 2.68. The molecule has 178 valence electrons. The first-order valence-electron chi connectivity index (χ1n) is 11.6. The number of fused-ring (bicyclic) bond motifs is 1. The summed E-state index contributed by atoms with van der Waals surface area (Å²) in [6, 6.07) is 15.2. The Morgan fingerprint density at radius 1 is 1.18 bits per heavy atom. The highest BCUT2D eigenvalue weighted by atomic mass is 19.1. The minimum absolute atomic E-state index is 0.00923. The first-order chi connectivity index (χ1) is 16.5. The molecule has 2 atom stereocenters. The van der Waals surface area contributed by atoms with Crippen LogP contribution in [0.3, 0.4) is 0 Å². The van der Waals surface area contributed by atoms with Gasteiger partial charge >= 0.3 is 0 Å². The van der Waals surface area contributed by atoms with E-state index in [9.17, 15) is 14.0 Å². The van der Waals surface area contributed by atoms with Crippen molar-refractivity contribution in [3.63, 3.8) is 0 Å². The number of carbonyl (C=O) groups excluding carboxylic acids is 2. The molecule has 1 aliphatic heterocycles. The zero-order valence-corrected chi connectivity index (χ0v) is 19.4. The van der Waals surface area contributed by atoms with Gasteiger partial charge in [-0.25, -0.2) is 4.39 Å². The average Bonchev–Trinajstić information content (AvgIpc) is 3.38. The first-order valence-corrected chi connectivity index (χ1v) is 11.6. The van der Waals surface area contributed by atoms with Gasteiger partial charge in [0.1, 0.15) is 17.3 Å². The summed E-state index contributed by atoms with van der Waals surface area (Å²) in [6.07, 6.45) is 2.43. The van der Waals surface area contributed by atoms with Gasteiger partial charge in [-0.15, -0.1) is 0 Å². The number of rotatable bonds is 8. The number of amides is 2. The highest BCUT2D eigenvalue weighted by Gasteiger charge is 2.32. The molecule has 3 aromatic rings. The Kier molecular flexibility index (Phi) is 7.30. The Balaban J connectivity index is 1.60. The normalized spacial score (nSPS) is 16.0. The molecule has 7 heteroatoms. The van der Waals surface area contributed by atoms with Gasteiger partial charge in [-0.1, -0.05) is 32.0 Å². The molecule has 34 heavy (non-hydrogen) atoms. The Bertz CT molecular complexity index is 1150. The van der Waals surface area contributed by atoms with Crippen molar-refractivity contribution in [1.82, 2.24) is 10.2 Å². The molecule has 0 saturated carbocycles. The third kappa shape index (κ3) is 5.14. The standard InChI is InChI=1S/C27H29FN2O4/c1-3-24(27(32)29-17-22-9-6-14-33-22)34-21-11-10-18-12-13-30(25(31)4-2)26(23(18)16-21)19-7-5-8-20(28)15-19/h5-11,14-16,24,26H,3-4,12-13,17H2,1-2H3,(H,29,32). The maximum Gasteiger partial charge on any atom is 0.261 e. The molecule has 6 nitrogen and oxygen atoms in total. The molecule has 0 spiro atoms. The molecule has 0 bridgehead atoms. The lowest BCUT2D eigenvalue weighted by Gasteiger charge is -2.38. The fourth-order valence-corrected chi connectivity index (χ4v) is 4.36. The lowest BCUT2D eigenvalue weighted by molar-refractivity contribution is -0.133. The summed E-state index contributed by atoms with van der Waals surface area (Å²) >= 11 is 0. The van der Waals surface area contributed by atoms with Gasteiger partial charge in [0.25, 0.3) is 5.91 Å². The monoisotopic (exact) mass is 464 g/mol. The lowest BCUT2D eigenvalue weighted by Crippen LogP contribution is -2.40. The number of benzene rings is 2. The lowest BCUT2D eigenvalue weighted by atomic mass is 9.87. The second-order valence-corrected chi connectivity index (χ2v) is 8.32. The molecule has 2 heterocycles. The predicted octanol–water partition coefficient (Wildman–Crippen LogP) is 4.78. The van der Waals surface area contributed by atoms with E-state index < -0.39 is 12.1 Å². The van der Waals surface area contributed by atoms with Crippen LogP contribution in [-0.4, -0.2) is 29.4 Å². The van der Waals surface area contributed by atoms with Crippen LogP contribution < -0.4 is 10.1 Å². The molecule has 2 unspecified atom stereocenters. The van der Waals surface area contributed by atoms with Crippen LogP contribution in [-0.2, 0) is 22.6 Å². The summed E-state index contributed by atoms with van der Waals surface area (Å²) in [4.78, 5) is 27.2. The molecule has 2 aromatic carbocycles. The number of nitrogens with one attached hydrogen (secondary N) is 1. The van der Waals surface area contributed by atoms with Crippen molar-refractivity contribution >= 4 is 11.8 Å². The van der Waals surface area contributed by atoms with Gasteiger partial charge in [0.2, 0.25) is 5.91 Å². The van der Waals surface area contributed by atoms with E-state index in [-0.39, 0.29) is 24.2 Å². The molecular weight excluding hydrogens is 435 g/mol. The van der Waals surface area contributed by atoms with E-state index >= 15 is 0 Å². The first kappa shape index (κ1) is 23.5. The smallest absolute Gasteiger partial charge is 0.261 e. The van der Waals surface area contributed by atoms with Crippen LogP contribution in [0.5, 0.6) is 5.75 Å². The molecular formula is C27H29FN2O4. The molecule has 1 aromatic heterocycles. The second kappa shape index (κ2) is 10.5. The van der Waals surface area contributed by atoms with Crippen molar-refractivity contribution in [3.8, 4) is 5.75 Å². The largest absolute Gasteiger partial charge is 0.481 e. The summed E-state index contributed by atoms with van der Waals surface area (Å²) in [5.74, 6) is 0.623. The second-order valence-electron chi connectivity index (χ2n) is 8.32. The van der Waals surface area contributed by atoms with Crippen molar-refractivity contribution in [3.05, 3.63) is 89.1 Å². The van der Waals surface area contributed by atoms with Crippen molar-refractivity contribution in [1.29, 1.82) is 0 Å². The van der Waals surface area contributed by atoms with Crippen LogP contribution in [0.25, 0.3) is 0 Å². The predicted molar refractivity (Wildman–Crippen MR) is 126 cm³/mol. The average molecular weight is 465 g/mol. The third-order valence-corrected chi connectivity index (χ3v) is 6.09. The Hall–Kier alpha value is -3.61. The van der Waals surface area contributed by atoms with Crippen LogP contribution >= 0.6 is 0 Å². The number of furan rings is 1. The van der Waals surface area contributed by atoms with Gasteiger partial charge in [0, 0.05) is 13.0 Å². The Labute approximate surface area is 198 Å². The van der Waals surface area contributed by atoms with E-state index in [2.05, 4.69) is 5.32 Å². The van der Waals surface area contributed by atoms with E-state index in [1.807, 2.05) is 38.1 Å². The molecule has 0 fully saturated rings. The molecule has 1 N–H and O–H groups in total. The Morgan fingerprint density at radius 3 is 2.74 bits per heavy atom. The van der Waals surface area contributed by atoms with Crippen molar-refractivity contribution < 1.29 is 23.1 Å². The van der Waals surface area contributed by atoms with E-state index in [0.29, 0.717) is 42.9 Å². The van der Waals surface area contributed by atoms with Crippen molar-refractivity contribution in [2.24, 2.45) is 0 Å². The summed E-state index contributed by atoms with van der Waals surface area (Å²) < 4.78 is 25.4.